The summed E-state index contributed by atoms with van der Waals surface area (Å²) >= 11 is 0. The molecule has 136 valence electrons. The van der Waals surface area contributed by atoms with Crippen molar-refractivity contribution in [3.8, 4) is 0 Å². The van der Waals surface area contributed by atoms with Crippen LogP contribution in [0.15, 0.2) is 29.2 Å². The summed E-state index contributed by atoms with van der Waals surface area (Å²) in [5.41, 5.74) is 0. The van der Waals surface area contributed by atoms with Gasteiger partial charge in [0.15, 0.2) is 0 Å². The summed E-state index contributed by atoms with van der Waals surface area (Å²) in [5.74, 6) is -0.163. The van der Waals surface area contributed by atoms with Crippen LogP contribution in [0.1, 0.15) is 12.8 Å². The van der Waals surface area contributed by atoms with E-state index in [2.05, 4.69) is 0 Å². The van der Waals surface area contributed by atoms with Crippen LogP contribution >= 0.6 is 0 Å². The first-order valence-corrected chi connectivity index (χ1v) is 10.0. The van der Waals surface area contributed by atoms with E-state index in [4.69, 9.17) is 4.74 Å². The van der Waals surface area contributed by atoms with Gasteiger partial charge in [-0.3, -0.25) is 4.79 Å². The molecule has 3 saturated heterocycles. The molecule has 3 aliphatic rings. The number of ether oxygens (including phenoxy) is 1. The summed E-state index contributed by atoms with van der Waals surface area (Å²) in [6.45, 7) is 2.61. The molecular formula is C17H21FN2O4S. The van der Waals surface area contributed by atoms with Crippen LogP contribution in [0.4, 0.5) is 4.39 Å². The molecule has 0 saturated carbocycles. The number of nitrogens with zero attached hydrogens (tertiary/aromatic N) is 2. The summed E-state index contributed by atoms with van der Waals surface area (Å²) in [7, 11) is -3.73. The first-order valence-electron chi connectivity index (χ1n) is 8.60. The summed E-state index contributed by atoms with van der Waals surface area (Å²) in [6.07, 6.45) is 1.34. The number of amides is 1. The van der Waals surface area contributed by atoms with E-state index in [0.29, 0.717) is 26.1 Å². The molecule has 0 unspecified atom stereocenters. The molecule has 3 atom stereocenters. The number of carbonyl (C=O) groups excluding carboxylic acids is 1. The van der Waals surface area contributed by atoms with Crippen LogP contribution in [0.25, 0.3) is 0 Å². The highest BCUT2D eigenvalue weighted by atomic mass is 32.2. The Labute approximate surface area is 146 Å². The Hall–Kier alpha value is -1.51. The van der Waals surface area contributed by atoms with E-state index in [9.17, 15) is 17.6 Å². The van der Waals surface area contributed by atoms with Crippen molar-refractivity contribution in [2.45, 2.75) is 23.8 Å². The van der Waals surface area contributed by atoms with Crippen LogP contribution in [-0.2, 0) is 19.6 Å². The molecule has 3 fully saturated rings. The van der Waals surface area contributed by atoms with Crippen molar-refractivity contribution in [1.29, 1.82) is 0 Å². The zero-order valence-electron chi connectivity index (χ0n) is 13.8. The quantitative estimate of drug-likeness (QED) is 0.798. The molecule has 1 aromatic carbocycles. The van der Waals surface area contributed by atoms with Gasteiger partial charge < -0.3 is 9.64 Å². The molecule has 3 aliphatic heterocycles. The fourth-order valence-corrected chi connectivity index (χ4v) is 5.63. The van der Waals surface area contributed by atoms with Crippen molar-refractivity contribution in [2.24, 2.45) is 11.8 Å². The maximum absolute atomic E-state index is 13.4. The van der Waals surface area contributed by atoms with Crippen molar-refractivity contribution >= 4 is 15.9 Å². The van der Waals surface area contributed by atoms with E-state index in [1.165, 1.54) is 22.5 Å². The first-order chi connectivity index (χ1) is 11.9. The Kier molecular flexibility index (Phi) is 4.29. The number of carbonyl (C=O) groups is 1. The zero-order valence-corrected chi connectivity index (χ0v) is 14.6. The van der Waals surface area contributed by atoms with E-state index in [-0.39, 0.29) is 35.3 Å². The number of halogens is 1. The minimum absolute atomic E-state index is 0.0289. The van der Waals surface area contributed by atoms with Crippen molar-refractivity contribution in [3.05, 3.63) is 30.1 Å². The third-order valence-corrected chi connectivity index (χ3v) is 7.29. The summed E-state index contributed by atoms with van der Waals surface area (Å²) < 4.78 is 46.1. The normalized spacial score (nSPS) is 30.2. The predicted octanol–water partition coefficient (Wildman–Crippen LogP) is 1.08. The molecule has 4 rings (SSSR count). The molecular weight excluding hydrogens is 347 g/mol. The molecule has 8 heteroatoms. The zero-order chi connectivity index (χ0) is 17.6. The van der Waals surface area contributed by atoms with Crippen LogP contribution in [0.5, 0.6) is 0 Å². The summed E-state index contributed by atoms with van der Waals surface area (Å²) in [5, 5.41) is 0. The second-order valence-electron chi connectivity index (χ2n) is 7.02. The van der Waals surface area contributed by atoms with Crippen LogP contribution < -0.4 is 0 Å². The van der Waals surface area contributed by atoms with E-state index < -0.39 is 15.8 Å². The van der Waals surface area contributed by atoms with Crippen molar-refractivity contribution in [1.82, 2.24) is 9.21 Å². The van der Waals surface area contributed by atoms with E-state index in [1.54, 1.807) is 0 Å². The van der Waals surface area contributed by atoms with Crippen LogP contribution in [-0.4, -0.2) is 62.4 Å². The van der Waals surface area contributed by atoms with Crippen molar-refractivity contribution in [3.63, 3.8) is 0 Å². The fourth-order valence-electron chi connectivity index (χ4n) is 4.10. The Bertz CT molecular complexity index is 785. The smallest absolute Gasteiger partial charge is 0.243 e. The molecule has 0 aliphatic carbocycles. The molecule has 0 aromatic heterocycles. The van der Waals surface area contributed by atoms with Crippen molar-refractivity contribution in [2.75, 3.05) is 32.8 Å². The molecule has 0 N–H and O–H groups in total. The average molecular weight is 368 g/mol. The number of likely N-dealkylation sites (tertiary alicyclic amines) is 1. The van der Waals surface area contributed by atoms with Gasteiger partial charge in [0.05, 0.1) is 17.6 Å². The van der Waals surface area contributed by atoms with Gasteiger partial charge in [0, 0.05) is 44.4 Å². The average Bonchev–Trinajstić information content (AvgIpc) is 3.26. The maximum atomic E-state index is 13.4. The Morgan fingerprint density at radius 1 is 1.28 bits per heavy atom. The number of hydrogen-bond donors (Lipinski definition) is 0. The number of hydrogen-bond acceptors (Lipinski definition) is 4. The molecule has 0 radical (unpaired) electrons. The predicted molar refractivity (Wildman–Crippen MR) is 87.7 cm³/mol. The third kappa shape index (κ3) is 3.07. The molecule has 1 aromatic rings. The Balaban J connectivity index is 1.48. The third-order valence-electron chi connectivity index (χ3n) is 5.47. The minimum atomic E-state index is -3.73. The SMILES string of the molecule is O=C1CCCN1C[C@H]1CO[C@@H]2CN(S(=O)(=O)c3cccc(F)c3)C[C@H]12. The molecule has 3 heterocycles. The number of benzene rings is 1. The molecule has 6 nitrogen and oxygen atoms in total. The van der Waals surface area contributed by atoms with E-state index in [0.717, 1.165) is 19.0 Å². The fraction of sp³-hybridized carbons (Fsp3) is 0.588. The summed E-state index contributed by atoms with van der Waals surface area (Å²) in [4.78, 5) is 13.7. The highest BCUT2D eigenvalue weighted by molar-refractivity contribution is 7.89. The van der Waals surface area contributed by atoms with Gasteiger partial charge in [-0.25, -0.2) is 12.8 Å². The lowest BCUT2D eigenvalue weighted by Crippen LogP contribution is -2.36. The lowest BCUT2D eigenvalue weighted by Gasteiger charge is -2.24. The minimum Gasteiger partial charge on any atom is -0.376 e. The van der Waals surface area contributed by atoms with Gasteiger partial charge in [-0.05, 0) is 24.6 Å². The van der Waals surface area contributed by atoms with Crippen LogP contribution in [0.2, 0.25) is 0 Å². The van der Waals surface area contributed by atoms with Crippen LogP contribution in [0, 0.1) is 17.7 Å². The van der Waals surface area contributed by atoms with Gasteiger partial charge >= 0.3 is 0 Å². The molecule has 25 heavy (non-hydrogen) atoms. The monoisotopic (exact) mass is 368 g/mol. The Morgan fingerprint density at radius 2 is 2.12 bits per heavy atom. The highest BCUT2D eigenvalue weighted by Gasteiger charge is 2.48. The number of sulfonamides is 1. The van der Waals surface area contributed by atoms with E-state index in [1.807, 2.05) is 4.90 Å². The molecule has 0 bridgehead atoms. The van der Waals surface area contributed by atoms with Gasteiger partial charge in [0.2, 0.25) is 15.9 Å². The summed E-state index contributed by atoms with van der Waals surface area (Å²) in [6, 6.07) is 5.08. The van der Waals surface area contributed by atoms with Crippen LogP contribution in [0.3, 0.4) is 0 Å². The standard InChI is InChI=1S/C17H21FN2O4S/c18-13-3-1-4-14(7-13)25(22,23)20-9-15-12(11-24-16(15)10-20)8-19-6-2-5-17(19)21/h1,3-4,7,12,15-16H,2,5-6,8-11H2/t12-,15+,16+/m0/s1. The van der Waals surface area contributed by atoms with Gasteiger partial charge in [0.25, 0.3) is 0 Å². The van der Waals surface area contributed by atoms with Gasteiger partial charge in [-0.15, -0.1) is 0 Å². The van der Waals surface area contributed by atoms with E-state index >= 15 is 0 Å². The second-order valence-corrected chi connectivity index (χ2v) is 8.96. The largest absolute Gasteiger partial charge is 0.376 e. The highest BCUT2D eigenvalue weighted by Crippen LogP contribution is 2.37. The molecule has 1 amide bonds. The first kappa shape index (κ1) is 16.9. The topological polar surface area (TPSA) is 66.9 Å². The van der Waals surface area contributed by atoms with Gasteiger partial charge in [0.1, 0.15) is 5.82 Å². The lowest BCUT2D eigenvalue weighted by molar-refractivity contribution is -0.128. The number of fused-ring (bicyclic) bond motifs is 1. The van der Waals surface area contributed by atoms with Crippen molar-refractivity contribution < 1.29 is 22.3 Å². The number of rotatable bonds is 4. The van der Waals surface area contributed by atoms with Gasteiger partial charge in [-0.1, -0.05) is 6.07 Å². The van der Waals surface area contributed by atoms with Gasteiger partial charge in [-0.2, -0.15) is 4.31 Å². The Morgan fingerprint density at radius 3 is 2.84 bits per heavy atom. The second kappa shape index (κ2) is 6.34. The maximum Gasteiger partial charge on any atom is 0.243 e. The lowest BCUT2D eigenvalue weighted by atomic mass is 9.93. The molecule has 0 spiro atoms.